The third-order valence-corrected chi connectivity index (χ3v) is 3.39. The molecule has 1 aromatic heterocycles. The maximum absolute atomic E-state index is 12.0. The summed E-state index contributed by atoms with van der Waals surface area (Å²) >= 11 is 0. The van der Waals surface area contributed by atoms with Crippen molar-refractivity contribution in [2.24, 2.45) is 0 Å². The Bertz CT molecular complexity index is 795. The molecule has 0 radical (unpaired) electrons. The van der Waals surface area contributed by atoms with E-state index in [-0.39, 0.29) is 5.91 Å². The molecular weight excluding hydrogens is 304 g/mol. The van der Waals surface area contributed by atoms with Crippen molar-refractivity contribution in [3.8, 4) is 11.5 Å². The van der Waals surface area contributed by atoms with E-state index in [9.17, 15) is 4.79 Å². The molecule has 0 fully saturated rings. The Morgan fingerprint density at radius 2 is 1.79 bits per heavy atom. The van der Waals surface area contributed by atoms with Gasteiger partial charge < -0.3 is 14.5 Å². The second kappa shape index (κ2) is 7.46. The number of benzene rings is 2. The Labute approximate surface area is 140 Å². The van der Waals surface area contributed by atoms with Gasteiger partial charge in [0.25, 0.3) is 0 Å². The van der Waals surface area contributed by atoms with Crippen molar-refractivity contribution in [2.45, 2.75) is 19.8 Å². The first-order valence-electron chi connectivity index (χ1n) is 7.73. The van der Waals surface area contributed by atoms with Crippen LogP contribution in [0.1, 0.15) is 18.0 Å². The van der Waals surface area contributed by atoms with Crippen LogP contribution in [0.5, 0.6) is 11.5 Å². The van der Waals surface area contributed by atoms with Gasteiger partial charge in [0, 0.05) is 25.5 Å². The van der Waals surface area contributed by atoms with E-state index >= 15 is 0 Å². The van der Waals surface area contributed by atoms with E-state index in [1.165, 1.54) is 0 Å². The molecule has 122 valence electrons. The number of aromatic nitrogens is 1. The molecule has 5 nitrogen and oxygen atoms in total. The van der Waals surface area contributed by atoms with Crippen LogP contribution in [0.15, 0.2) is 65.3 Å². The molecule has 1 N–H and O–H groups in total. The molecule has 0 aliphatic rings. The molecule has 1 amide bonds. The Kier molecular flexibility index (Phi) is 4.91. The predicted octanol–water partition coefficient (Wildman–Crippen LogP) is 4.35. The third-order valence-electron chi connectivity index (χ3n) is 3.39. The fourth-order valence-electron chi connectivity index (χ4n) is 2.22. The first-order valence-corrected chi connectivity index (χ1v) is 7.73. The zero-order valence-corrected chi connectivity index (χ0v) is 13.4. The van der Waals surface area contributed by atoms with E-state index in [1.54, 1.807) is 13.2 Å². The average molecular weight is 322 g/mol. The highest BCUT2D eigenvalue weighted by molar-refractivity contribution is 5.90. The summed E-state index contributed by atoms with van der Waals surface area (Å²) < 4.78 is 10.8. The Hall–Kier alpha value is -3.08. The van der Waals surface area contributed by atoms with Crippen molar-refractivity contribution in [3.05, 3.63) is 72.4 Å². The van der Waals surface area contributed by atoms with Crippen molar-refractivity contribution >= 4 is 11.6 Å². The molecule has 0 atom stereocenters. The highest BCUT2D eigenvalue weighted by atomic mass is 16.5. The Balaban J connectivity index is 1.51. The van der Waals surface area contributed by atoms with E-state index in [2.05, 4.69) is 10.3 Å². The lowest BCUT2D eigenvalue weighted by Gasteiger charge is -2.08. The smallest absolute Gasteiger partial charge is 0.224 e. The molecule has 3 aromatic rings. The first kappa shape index (κ1) is 15.8. The summed E-state index contributed by atoms with van der Waals surface area (Å²) in [6.45, 7) is 1.78. The van der Waals surface area contributed by atoms with Gasteiger partial charge in [-0.05, 0) is 36.4 Å². The van der Waals surface area contributed by atoms with Gasteiger partial charge in [-0.2, -0.15) is 0 Å². The second-order valence-electron chi connectivity index (χ2n) is 5.35. The molecule has 3 rings (SSSR count). The van der Waals surface area contributed by atoms with Crippen molar-refractivity contribution in [1.82, 2.24) is 4.98 Å². The molecule has 24 heavy (non-hydrogen) atoms. The molecule has 0 saturated heterocycles. The molecule has 5 heteroatoms. The van der Waals surface area contributed by atoms with Crippen LogP contribution in [0.3, 0.4) is 0 Å². The lowest BCUT2D eigenvalue weighted by molar-refractivity contribution is -0.116. The summed E-state index contributed by atoms with van der Waals surface area (Å²) in [5, 5.41) is 2.86. The van der Waals surface area contributed by atoms with Gasteiger partial charge in [0.15, 0.2) is 5.89 Å². The summed E-state index contributed by atoms with van der Waals surface area (Å²) in [5.41, 5.74) is 1.52. The number of ether oxygens (including phenoxy) is 1. The molecule has 1 heterocycles. The number of carbonyl (C=O) groups is 1. The fourth-order valence-corrected chi connectivity index (χ4v) is 2.22. The van der Waals surface area contributed by atoms with Gasteiger partial charge in [-0.3, -0.25) is 4.79 Å². The van der Waals surface area contributed by atoms with Crippen LogP contribution < -0.4 is 10.1 Å². The molecule has 2 aromatic carbocycles. The largest absolute Gasteiger partial charge is 0.457 e. The summed E-state index contributed by atoms with van der Waals surface area (Å²) in [6.07, 6.45) is 2.49. The molecule has 0 saturated carbocycles. The first-order chi connectivity index (χ1) is 11.7. The van der Waals surface area contributed by atoms with E-state index < -0.39 is 0 Å². The number of nitrogens with one attached hydrogen (secondary N) is 1. The lowest BCUT2D eigenvalue weighted by atomic mass is 10.2. The predicted molar refractivity (Wildman–Crippen MR) is 91.1 cm³/mol. The number of carbonyl (C=O) groups excluding carboxylic acids is 1. The van der Waals surface area contributed by atoms with Gasteiger partial charge >= 0.3 is 0 Å². The van der Waals surface area contributed by atoms with Crippen molar-refractivity contribution in [1.29, 1.82) is 0 Å². The van der Waals surface area contributed by atoms with Gasteiger partial charge in [0.05, 0.1) is 5.69 Å². The summed E-state index contributed by atoms with van der Waals surface area (Å²) in [6, 6.07) is 16.8. The standard InChI is InChI=1S/C19H18N2O3/c1-14-20-16(13-23-14)9-12-19(22)21-15-7-10-18(11-8-15)24-17-5-3-2-4-6-17/h2-8,10-11,13H,9,12H2,1H3,(H,21,22). The second-order valence-corrected chi connectivity index (χ2v) is 5.35. The van der Waals surface area contributed by atoms with Crippen molar-refractivity contribution < 1.29 is 13.9 Å². The van der Waals surface area contributed by atoms with E-state index in [4.69, 9.17) is 9.15 Å². The molecule has 0 spiro atoms. The van der Waals surface area contributed by atoms with Crippen LogP contribution in [0, 0.1) is 6.92 Å². The summed E-state index contributed by atoms with van der Waals surface area (Å²) in [4.78, 5) is 16.1. The summed E-state index contributed by atoms with van der Waals surface area (Å²) in [5.74, 6) is 2.04. The number of hydrogen-bond acceptors (Lipinski definition) is 4. The third kappa shape index (κ3) is 4.46. The lowest BCUT2D eigenvalue weighted by Crippen LogP contribution is -2.12. The van der Waals surface area contributed by atoms with Crippen LogP contribution in [0.25, 0.3) is 0 Å². The highest BCUT2D eigenvalue weighted by Crippen LogP contribution is 2.22. The zero-order chi connectivity index (χ0) is 16.8. The van der Waals surface area contributed by atoms with Gasteiger partial charge in [-0.25, -0.2) is 4.98 Å². The molecule has 0 aliphatic carbocycles. The average Bonchev–Trinajstić information content (AvgIpc) is 3.01. The molecule has 0 bridgehead atoms. The minimum absolute atomic E-state index is 0.0626. The quantitative estimate of drug-likeness (QED) is 0.733. The number of para-hydroxylation sites is 1. The van der Waals surface area contributed by atoms with Crippen LogP contribution in [-0.2, 0) is 11.2 Å². The monoisotopic (exact) mass is 322 g/mol. The Morgan fingerprint density at radius 3 is 2.46 bits per heavy atom. The highest BCUT2D eigenvalue weighted by Gasteiger charge is 2.06. The molecule has 0 aliphatic heterocycles. The number of oxazole rings is 1. The normalized spacial score (nSPS) is 10.4. The van der Waals surface area contributed by atoms with E-state index in [0.29, 0.717) is 18.7 Å². The van der Waals surface area contributed by atoms with Crippen molar-refractivity contribution in [2.75, 3.05) is 5.32 Å². The van der Waals surface area contributed by atoms with Crippen LogP contribution >= 0.6 is 0 Å². The number of amides is 1. The maximum atomic E-state index is 12.0. The topological polar surface area (TPSA) is 64.4 Å². The SMILES string of the molecule is Cc1nc(CCC(=O)Nc2ccc(Oc3ccccc3)cc2)co1. The number of nitrogens with zero attached hydrogens (tertiary/aromatic N) is 1. The minimum atomic E-state index is -0.0626. The summed E-state index contributed by atoms with van der Waals surface area (Å²) in [7, 11) is 0. The number of aryl methyl sites for hydroxylation is 2. The van der Waals surface area contributed by atoms with Crippen LogP contribution in [0.2, 0.25) is 0 Å². The molecular formula is C19H18N2O3. The van der Waals surface area contributed by atoms with Gasteiger partial charge in [0.2, 0.25) is 5.91 Å². The van der Waals surface area contributed by atoms with Crippen LogP contribution in [0.4, 0.5) is 5.69 Å². The minimum Gasteiger partial charge on any atom is -0.457 e. The number of rotatable bonds is 6. The zero-order valence-electron chi connectivity index (χ0n) is 13.4. The van der Waals surface area contributed by atoms with Crippen molar-refractivity contribution in [3.63, 3.8) is 0 Å². The van der Waals surface area contributed by atoms with Gasteiger partial charge in [-0.1, -0.05) is 18.2 Å². The number of anilines is 1. The number of hydrogen-bond donors (Lipinski definition) is 1. The Morgan fingerprint density at radius 1 is 1.08 bits per heavy atom. The maximum Gasteiger partial charge on any atom is 0.224 e. The van der Waals surface area contributed by atoms with Crippen LogP contribution in [-0.4, -0.2) is 10.9 Å². The van der Waals surface area contributed by atoms with Gasteiger partial charge in [0.1, 0.15) is 17.8 Å². The van der Waals surface area contributed by atoms with E-state index in [0.717, 1.165) is 22.9 Å². The van der Waals surface area contributed by atoms with E-state index in [1.807, 2.05) is 54.6 Å². The fraction of sp³-hybridized carbons (Fsp3) is 0.158. The molecule has 0 unspecified atom stereocenters. The van der Waals surface area contributed by atoms with Gasteiger partial charge in [-0.15, -0.1) is 0 Å².